The quantitative estimate of drug-likeness (QED) is 0.123. The zero-order chi connectivity index (χ0) is 33.1. The van der Waals surface area contributed by atoms with Gasteiger partial charge in [-0.05, 0) is 95.8 Å². The number of methoxy groups -OCH3 is 2. The first-order valence-electron chi connectivity index (χ1n) is 14.5. The molecule has 0 bridgehead atoms. The van der Waals surface area contributed by atoms with Crippen molar-refractivity contribution in [3.8, 4) is 34.5 Å². The van der Waals surface area contributed by atoms with Crippen molar-refractivity contribution in [1.29, 1.82) is 0 Å². The molecule has 0 atom stereocenters. The van der Waals surface area contributed by atoms with Crippen molar-refractivity contribution in [3.63, 3.8) is 0 Å². The summed E-state index contributed by atoms with van der Waals surface area (Å²) in [6.07, 6.45) is 6.59. The maximum atomic E-state index is 13.8. The van der Waals surface area contributed by atoms with E-state index >= 15 is 0 Å². The molecule has 4 N–H and O–H groups in total. The number of benzene rings is 4. The highest BCUT2D eigenvalue weighted by Gasteiger charge is 2.24. The van der Waals surface area contributed by atoms with Gasteiger partial charge in [-0.25, -0.2) is 10.0 Å². The molecule has 0 aromatic heterocycles. The van der Waals surface area contributed by atoms with Crippen molar-refractivity contribution < 1.29 is 39.5 Å². The molecular weight excluding hydrogens is 588 g/mol. The van der Waals surface area contributed by atoms with Gasteiger partial charge in [0.1, 0.15) is 11.5 Å². The Bertz CT molecular complexity index is 1570. The Hall–Kier alpha value is -5.90. The molecule has 0 aliphatic heterocycles. The van der Waals surface area contributed by atoms with Gasteiger partial charge in [-0.3, -0.25) is 9.59 Å². The van der Waals surface area contributed by atoms with Gasteiger partial charge in [-0.2, -0.15) is 0 Å². The first-order chi connectivity index (χ1) is 22.2. The molecule has 0 saturated heterocycles. The summed E-state index contributed by atoms with van der Waals surface area (Å²) in [5.74, 6) is -0.275. The van der Waals surface area contributed by atoms with E-state index in [0.29, 0.717) is 24.0 Å². The van der Waals surface area contributed by atoms with Gasteiger partial charge in [0, 0.05) is 25.2 Å². The zero-order valence-corrected chi connectivity index (χ0v) is 25.5. The van der Waals surface area contributed by atoms with Crippen LogP contribution in [0, 0.1) is 0 Å². The van der Waals surface area contributed by atoms with E-state index < -0.39 is 11.8 Å². The molecule has 4 aromatic carbocycles. The fourth-order valence-electron chi connectivity index (χ4n) is 4.60. The molecule has 0 heterocycles. The van der Waals surface area contributed by atoms with Gasteiger partial charge in [-0.1, -0.05) is 36.4 Å². The molecule has 10 heteroatoms. The van der Waals surface area contributed by atoms with Crippen LogP contribution in [0.3, 0.4) is 0 Å². The minimum absolute atomic E-state index is 0.0365. The van der Waals surface area contributed by atoms with Gasteiger partial charge < -0.3 is 29.9 Å². The molecule has 4 rings (SSSR count). The number of aromatic hydroxyl groups is 4. The van der Waals surface area contributed by atoms with Crippen LogP contribution in [0.2, 0.25) is 0 Å². The number of rotatable bonds is 12. The second-order valence-corrected chi connectivity index (χ2v) is 10.3. The molecule has 0 fully saturated rings. The topological polar surface area (TPSA) is 140 Å². The summed E-state index contributed by atoms with van der Waals surface area (Å²) in [6, 6.07) is 22.6. The van der Waals surface area contributed by atoms with Crippen LogP contribution in [0.4, 0.5) is 0 Å². The number of ether oxygens (including phenoxy) is 2. The fraction of sp³-hybridized carbons (Fsp3) is 0.167. The van der Waals surface area contributed by atoms with Gasteiger partial charge in [0.05, 0.1) is 14.2 Å². The van der Waals surface area contributed by atoms with E-state index in [1.165, 1.54) is 48.5 Å². The first kappa shape index (κ1) is 33.0. The van der Waals surface area contributed by atoms with Crippen LogP contribution in [0.5, 0.6) is 34.5 Å². The van der Waals surface area contributed by atoms with Crippen molar-refractivity contribution in [2.75, 3.05) is 27.3 Å². The van der Waals surface area contributed by atoms with E-state index in [4.69, 9.17) is 9.47 Å². The maximum Gasteiger partial charge on any atom is 0.265 e. The minimum atomic E-state index is -0.468. The van der Waals surface area contributed by atoms with Crippen LogP contribution in [0.1, 0.15) is 22.3 Å². The largest absolute Gasteiger partial charge is 0.508 e. The Morgan fingerprint density at radius 1 is 0.587 bits per heavy atom. The molecule has 0 aliphatic rings. The van der Waals surface area contributed by atoms with Crippen molar-refractivity contribution in [2.45, 2.75) is 12.8 Å². The van der Waals surface area contributed by atoms with E-state index in [-0.39, 0.29) is 47.6 Å². The number of nitrogens with zero attached hydrogens (tertiary/aromatic N) is 2. The van der Waals surface area contributed by atoms with Crippen LogP contribution < -0.4 is 9.47 Å². The summed E-state index contributed by atoms with van der Waals surface area (Å²) in [6.45, 7) is 0.268. The highest BCUT2D eigenvalue weighted by Crippen LogP contribution is 2.28. The van der Waals surface area contributed by atoms with E-state index in [1.807, 2.05) is 0 Å². The predicted octanol–water partition coefficient (Wildman–Crippen LogP) is 5.31. The highest BCUT2D eigenvalue weighted by molar-refractivity contribution is 5.96. The maximum absolute atomic E-state index is 13.8. The van der Waals surface area contributed by atoms with Crippen molar-refractivity contribution in [3.05, 3.63) is 119 Å². The Labute approximate surface area is 267 Å². The number of carbonyl (C=O) groups excluding carboxylic acids is 2. The number of hydrogen-bond acceptors (Lipinski definition) is 8. The third-order valence-corrected chi connectivity index (χ3v) is 7.14. The van der Waals surface area contributed by atoms with E-state index in [0.717, 1.165) is 11.1 Å². The van der Waals surface area contributed by atoms with Gasteiger partial charge in [0.2, 0.25) is 0 Å². The zero-order valence-electron chi connectivity index (χ0n) is 25.5. The standard InChI is InChI=1S/C36H36N2O8/c1-45-33-23-27(7-15-31(33)41)9-17-35(43)37(21-19-25-3-11-29(39)12-4-25)38(22-20-26-5-13-30(40)14-6-26)36(44)18-10-28-8-16-32(42)34(24-28)46-2/h3-18,23-24,39-42H,19-22H2,1-2H3/b17-9+,18-10+. The fourth-order valence-corrected chi connectivity index (χ4v) is 4.60. The minimum Gasteiger partial charge on any atom is -0.508 e. The van der Waals surface area contributed by atoms with Gasteiger partial charge in [0.15, 0.2) is 23.0 Å². The van der Waals surface area contributed by atoms with Crippen molar-refractivity contribution >= 4 is 24.0 Å². The lowest BCUT2D eigenvalue weighted by molar-refractivity contribution is -0.157. The Balaban J connectivity index is 1.67. The average Bonchev–Trinajstić information content (AvgIpc) is 3.06. The summed E-state index contributed by atoms with van der Waals surface area (Å²) in [4.78, 5) is 27.7. The number of amides is 2. The number of phenols is 4. The molecule has 0 radical (unpaired) electrons. The smallest absolute Gasteiger partial charge is 0.265 e. The second kappa shape index (κ2) is 15.7. The number of carbonyl (C=O) groups is 2. The molecule has 10 nitrogen and oxygen atoms in total. The van der Waals surface area contributed by atoms with Gasteiger partial charge in [-0.15, -0.1) is 0 Å². The number of hydrazine groups is 1. The normalized spacial score (nSPS) is 11.1. The molecule has 0 saturated carbocycles. The third kappa shape index (κ3) is 9.06. The Kier molecular flexibility index (Phi) is 11.3. The van der Waals surface area contributed by atoms with Crippen LogP contribution in [0.15, 0.2) is 97.1 Å². The highest BCUT2D eigenvalue weighted by atomic mass is 16.5. The van der Waals surface area contributed by atoms with Crippen LogP contribution in [-0.2, 0) is 22.4 Å². The van der Waals surface area contributed by atoms with E-state index in [1.54, 1.807) is 84.9 Å². The molecule has 0 aliphatic carbocycles. The SMILES string of the molecule is COc1cc(/C=C/C(=O)N(CCc2ccc(O)cc2)N(CCc2ccc(O)cc2)C(=O)/C=C/c2ccc(O)c(OC)c2)ccc1O. The number of hydrogen-bond donors (Lipinski definition) is 4. The third-order valence-electron chi connectivity index (χ3n) is 7.14. The first-order valence-corrected chi connectivity index (χ1v) is 14.5. The summed E-state index contributed by atoms with van der Waals surface area (Å²) in [5.41, 5.74) is 2.90. The summed E-state index contributed by atoms with van der Waals surface area (Å²) in [7, 11) is 2.86. The summed E-state index contributed by atoms with van der Waals surface area (Å²) in [5, 5.41) is 42.1. The average molecular weight is 625 g/mol. The summed E-state index contributed by atoms with van der Waals surface area (Å²) < 4.78 is 10.4. The van der Waals surface area contributed by atoms with Crippen LogP contribution in [0.25, 0.3) is 12.2 Å². The molecule has 46 heavy (non-hydrogen) atoms. The van der Waals surface area contributed by atoms with Crippen molar-refractivity contribution in [1.82, 2.24) is 10.0 Å². The van der Waals surface area contributed by atoms with E-state index in [9.17, 15) is 30.0 Å². The second-order valence-electron chi connectivity index (χ2n) is 10.3. The van der Waals surface area contributed by atoms with Crippen molar-refractivity contribution in [2.24, 2.45) is 0 Å². The lowest BCUT2D eigenvalue weighted by atomic mass is 10.1. The Morgan fingerprint density at radius 3 is 1.30 bits per heavy atom. The molecule has 2 amide bonds. The number of phenolic OH excluding ortho intramolecular Hbond substituents is 4. The monoisotopic (exact) mass is 624 g/mol. The van der Waals surface area contributed by atoms with Gasteiger partial charge in [0.25, 0.3) is 11.8 Å². The Morgan fingerprint density at radius 2 is 0.957 bits per heavy atom. The van der Waals surface area contributed by atoms with Crippen LogP contribution >= 0.6 is 0 Å². The van der Waals surface area contributed by atoms with Gasteiger partial charge >= 0.3 is 0 Å². The molecule has 238 valence electrons. The summed E-state index contributed by atoms with van der Waals surface area (Å²) >= 11 is 0. The predicted molar refractivity (Wildman–Crippen MR) is 174 cm³/mol. The molecular formula is C36H36N2O8. The molecule has 4 aromatic rings. The van der Waals surface area contributed by atoms with E-state index in [2.05, 4.69) is 0 Å². The molecule has 0 unspecified atom stereocenters. The molecule has 0 spiro atoms. The lowest BCUT2D eigenvalue weighted by Crippen LogP contribution is -2.50. The lowest BCUT2D eigenvalue weighted by Gasteiger charge is -2.34. The van der Waals surface area contributed by atoms with Crippen LogP contribution in [-0.4, -0.2) is 69.6 Å².